The number of aliphatic hydroxyl groups excluding tert-OH is 1. The summed E-state index contributed by atoms with van der Waals surface area (Å²) in [7, 11) is 0. The Morgan fingerprint density at radius 2 is 2.06 bits per heavy atom. The molecule has 0 spiro atoms. The number of carbonyl (C=O) groups excluding carboxylic acids is 1. The van der Waals surface area contributed by atoms with Crippen LogP contribution in [0, 0.1) is 0 Å². The van der Waals surface area contributed by atoms with E-state index < -0.39 is 12.1 Å². The molecule has 0 aliphatic rings. The van der Waals surface area contributed by atoms with Gasteiger partial charge in [-0.2, -0.15) is 0 Å². The largest absolute Gasteiger partial charge is 0.463 e. The molecule has 0 heterocycles. The van der Waals surface area contributed by atoms with Crippen LogP contribution in [0.5, 0.6) is 0 Å². The molecule has 0 aliphatic heterocycles. The number of carbonyl (C=O) groups is 1. The van der Waals surface area contributed by atoms with Crippen molar-refractivity contribution in [3.63, 3.8) is 0 Å². The molecule has 4 heteroatoms. The molecule has 1 aromatic rings. The zero-order chi connectivity index (χ0) is 12.1. The van der Waals surface area contributed by atoms with E-state index in [0.29, 0.717) is 5.56 Å². The maximum absolute atomic E-state index is 11.3. The second-order valence-electron chi connectivity index (χ2n) is 3.20. The van der Waals surface area contributed by atoms with Gasteiger partial charge in [-0.15, -0.1) is 0 Å². The zero-order valence-electron chi connectivity index (χ0n) is 8.94. The Balaban J connectivity index is 2.77. The molecule has 0 saturated carbocycles. The van der Waals surface area contributed by atoms with Crippen molar-refractivity contribution >= 4 is 21.9 Å². The van der Waals surface area contributed by atoms with Crippen molar-refractivity contribution in [1.82, 2.24) is 0 Å². The second-order valence-corrected chi connectivity index (χ2v) is 4.12. The molecule has 1 rings (SSSR count). The summed E-state index contributed by atoms with van der Waals surface area (Å²) in [5, 5.41) is 9.86. The van der Waals surface area contributed by atoms with Gasteiger partial charge in [0, 0.05) is 4.47 Å². The molecule has 0 amide bonds. The highest BCUT2D eigenvalue weighted by molar-refractivity contribution is 9.10. The van der Waals surface area contributed by atoms with Gasteiger partial charge in [-0.3, -0.25) is 0 Å². The van der Waals surface area contributed by atoms with E-state index in [2.05, 4.69) is 22.5 Å². The number of hydrogen-bond acceptors (Lipinski definition) is 3. The summed E-state index contributed by atoms with van der Waals surface area (Å²) in [4.78, 5) is 11.3. The van der Waals surface area contributed by atoms with Crippen LogP contribution in [0.4, 0.5) is 0 Å². The molecule has 0 saturated heterocycles. The second kappa shape index (κ2) is 5.82. The third-order valence-corrected chi connectivity index (χ3v) is 2.58. The van der Waals surface area contributed by atoms with Gasteiger partial charge in [-0.05, 0) is 24.6 Å². The van der Waals surface area contributed by atoms with Crippen LogP contribution >= 0.6 is 15.9 Å². The van der Waals surface area contributed by atoms with E-state index in [0.717, 1.165) is 4.47 Å². The predicted molar refractivity (Wildman–Crippen MR) is 64.9 cm³/mol. The van der Waals surface area contributed by atoms with Crippen LogP contribution in [0.25, 0.3) is 0 Å². The molecule has 0 aliphatic carbocycles. The van der Waals surface area contributed by atoms with Crippen molar-refractivity contribution in [3.05, 3.63) is 46.5 Å². The van der Waals surface area contributed by atoms with Crippen molar-refractivity contribution in [2.75, 3.05) is 6.61 Å². The Labute approximate surface area is 103 Å². The lowest BCUT2D eigenvalue weighted by atomic mass is 10.0. The minimum atomic E-state index is -1.02. The van der Waals surface area contributed by atoms with Gasteiger partial charge in [0.05, 0.1) is 12.2 Å². The maximum atomic E-state index is 11.3. The van der Waals surface area contributed by atoms with Crippen LogP contribution < -0.4 is 0 Å². The minimum absolute atomic E-state index is 0.0455. The van der Waals surface area contributed by atoms with Crippen molar-refractivity contribution in [2.24, 2.45) is 0 Å². The predicted octanol–water partition coefficient (Wildman–Crippen LogP) is 2.60. The van der Waals surface area contributed by atoms with Gasteiger partial charge in [-0.1, -0.05) is 34.6 Å². The number of benzene rings is 1. The maximum Gasteiger partial charge on any atom is 0.336 e. The van der Waals surface area contributed by atoms with Gasteiger partial charge >= 0.3 is 5.97 Å². The average molecular weight is 285 g/mol. The molecular formula is C12H13BrO3. The summed E-state index contributed by atoms with van der Waals surface area (Å²) in [6.07, 6.45) is -1.02. The van der Waals surface area contributed by atoms with Gasteiger partial charge in [0.15, 0.2) is 0 Å². The number of hydrogen-bond donors (Lipinski definition) is 1. The molecule has 1 aromatic carbocycles. The lowest BCUT2D eigenvalue weighted by molar-refractivity contribution is -0.139. The minimum Gasteiger partial charge on any atom is -0.463 e. The van der Waals surface area contributed by atoms with Gasteiger partial charge < -0.3 is 9.84 Å². The van der Waals surface area contributed by atoms with E-state index in [4.69, 9.17) is 4.74 Å². The molecule has 16 heavy (non-hydrogen) atoms. The van der Waals surface area contributed by atoms with Crippen molar-refractivity contribution in [3.8, 4) is 0 Å². The standard InChI is InChI=1S/C12H13BrO3/c1-3-16-12(15)8(2)11(14)9-4-6-10(13)7-5-9/h4-7,11,14H,2-3H2,1H3/t11-/m0/s1. The highest BCUT2D eigenvalue weighted by Gasteiger charge is 2.18. The first-order valence-corrected chi connectivity index (χ1v) is 5.65. The SMILES string of the molecule is C=C(C(=O)OCC)[C@H](O)c1ccc(Br)cc1. The lowest BCUT2D eigenvalue weighted by Crippen LogP contribution is -2.13. The van der Waals surface area contributed by atoms with Crippen molar-refractivity contribution in [1.29, 1.82) is 0 Å². The number of esters is 1. The number of ether oxygens (including phenoxy) is 1. The topological polar surface area (TPSA) is 46.5 Å². The average Bonchev–Trinajstić information content (AvgIpc) is 2.28. The Bertz CT molecular complexity index is 384. The van der Waals surface area contributed by atoms with E-state index in [9.17, 15) is 9.90 Å². The van der Waals surface area contributed by atoms with Crippen molar-refractivity contribution in [2.45, 2.75) is 13.0 Å². The summed E-state index contributed by atoms with van der Waals surface area (Å²) in [5.74, 6) is -0.571. The van der Waals surface area contributed by atoms with Gasteiger partial charge in [0.25, 0.3) is 0 Å². The Morgan fingerprint density at radius 1 is 1.50 bits per heavy atom. The summed E-state index contributed by atoms with van der Waals surface area (Å²) in [6, 6.07) is 7.02. The van der Waals surface area contributed by atoms with E-state index in [1.807, 2.05) is 0 Å². The van der Waals surface area contributed by atoms with Crippen LogP contribution in [-0.2, 0) is 9.53 Å². The van der Waals surface area contributed by atoms with Crippen LogP contribution in [0.15, 0.2) is 40.9 Å². The Kier molecular flexibility index (Phi) is 4.71. The lowest BCUT2D eigenvalue weighted by Gasteiger charge is -2.12. The third-order valence-electron chi connectivity index (χ3n) is 2.05. The molecule has 0 aromatic heterocycles. The summed E-state index contributed by atoms with van der Waals surface area (Å²) >= 11 is 3.29. The van der Waals surface area contributed by atoms with Crippen molar-refractivity contribution < 1.29 is 14.6 Å². The molecule has 0 radical (unpaired) electrons. The number of rotatable bonds is 4. The van der Waals surface area contributed by atoms with Crippen LogP contribution in [0.2, 0.25) is 0 Å². The molecule has 0 unspecified atom stereocenters. The number of halogens is 1. The van der Waals surface area contributed by atoms with Crippen LogP contribution in [0.3, 0.4) is 0 Å². The Morgan fingerprint density at radius 3 is 2.56 bits per heavy atom. The summed E-state index contributed by atoms with van der Waals surface area (Å²) in [5.41, 5.74) is 0.658. The first kappa shape index (κ1) is 12.9. The van der Waals surface area contributed by atoms with Crippen LogP contribution in [0.1, 0.15) is 18.6 Å². The smallest absolute Gasteiger partial charge is 0.336 e. The first-order chi connectivity index (χ1) is 7.56. The quantitative estimate of drug-likeness (QED) is 0.683. The molecule has 0 bridgehead atoms. The molecule has 1 N–H and O–H groups in total. The molecule has 86 valence electrons. The number of aliphatic hydroxyl groups is 1. The Hall–Kier alpha value is -1.13. The monoisotopic (exact) mass is 284 g/mol. The molecule has 0 fully saturated rings. The third kappa shape index (κ3) is 3.18. The highest BCUT2D eigenvalue weighted by Crippen LogP contribution is 2.22. The van der Waals surface area contributed by atoms with Gasteiger partial charge in [0.1, 0.15) is 6.10 Å². The van der Waals surface area contributed by atoms with Gasteiger partial charge in [-0.25, -0.2) is 4.79 Å². The fourth-order valence-corrected chi connectivity index (χ4v) is 1.45. The van der Waals surface area contributed by atoms with E-state index >= 15 is 0 Å². The molecule has 3 nitrogen and oxygen atoms in total. The van der Waals surface area contributed by atoms with Gasteiger partial charge in [0.2, 0.25) is 0 Å². The molecular weight excluding hydrogens is 272 g/mol. The summed E-state index contributed by atoms with van der Waals surface area (Å²) in [6.45, 7) is 5.51. The highest BCUT2D eigenvalue weighted by atomic mass is 79.9. The summed E-state index contributed by atoms with van der Waals surface area (Å²) < 4.78 is 5.67. The van der Waals surface area contributed by atoms with E-state index in [1.54, 1.807) is 31.2 Å². The normalized spacial score (nSPS) is 11.9. The fourth-order valence-electron chi connectivity index (χ4n) is 1.18. The van der Waals surface area contributed by atoms with Crippen LogP contribution in [-0.4, -0.2) is 17.7 Å². The van der Waals surface area contributed by atoms with E-state index in [1.165, 1.54) is 0 Å². The fraction of sp³-hybridized carbons (Fsp3) is 0.250. The molecule has 1 atom stereocenters. The zero-order valence-corrected chi connectivity index (χ0v) is 10.5. The first-order valence-electron chi connectivity index (χ1n) is 4.85. The van der Waals surface area contributed by atoms with E-state index in [-0.39, 0.29) is 12.2 Å².